The summed E-state index contributed by atoms with van der Waals surface area (Å²) in [6.45, 7) is 4.97. The summed E-state index contributed by atoms with van der Waals surface area (Å²) in [5, 5.41) is 9.06. The zero-order valence-corrected chi connectivity index (χ0v) is 10.2. The second-order valence-electron chi connectivity index (χ2n) is 5.48. The zero-order valence-electron chi connectivity index (χ0n) is 10.2. The van der Waals surface area contributed by atoms with Crippen molar-refractivity contribution >= 4 is 11.9 Å². The van der Waals surface area contributed by atoms with E-state index in [2.05, 4.69) is 0 Å². The number of carboxylic acid groups (broad SMARTS) is 1. The van der Waals surface area contributed by atoms with Crippen molar-refractivity contribution in [2.24, 2.45) is 11.1 Å². The van der Waals surface area contributed by atoms with Crippen molar-refractivity contribution in [2.45, 2.75) is 51.4 Å². The van der Waals surface area contributed by atoms with Crippen LogP contribution >= 0.6 is 0 Å². The zero-order chi connectivity index (χ0) is 13.4. The van der Waals surface area contributed by atoms with E-state index in [1.807, 2.05) is 0 Å². The van der Waals surface area contributed by atoms with Gasteiger partial charge in [0.05, 0.1) is 5.41 Å². The third-order valence-electron chi connectivity index (χ3n) is 2.85. The lowest BCUT2D eigenvalue weighted by Crippen LogP contribution is -2.60. The molecule has 0 bridgehead atoms. The number of hydrogen-bond acceptors (Lipinski definition) is 4. The Morgan fingerprint density at radius 2 is 1.94 bits per heavy atom. The molecule has 6 heteroatoms. The number of nitrogens with two attached hydrogens (primary N) is 1. The number of halogens is 1. The number of carbonyl (C=O) groups excluding carboxylic acids is 1. The van der Waals surface area contributed by atoms with Crippen LogP contribution in [0.2, 0.25) is 0 Å². The van der Waals surface area contributed by atoms with Crippen LogP contribution in [0.1, 0.15) is 33.6 Å². The Hall–Kier alpha value is -1.17. The molecule has 1 aliphatic rings. The molecule has 1 fully saturated rings. The fourth-order valence-electron chi connectivity index (χ4n) is 1.88. The molecule has 0 aliphatic heterocycles. The Balaban J connectivity index is 2.77. The number of alkyl halides is 1. The largest absolute Gasteiger partial charge is 0.481 e. The molecule has 1 aliphatic carbocycles. The Morgan fingerprint density at radius 3 is 2.24 bits per heavy atom. The second kappa shape index (κ2) is 4.25. The van der Waals surface area contributed by atoms with Gasteiger partial charge >= 0.3 is 11.9 Å². The predicted molar refractivity (Wildman–Crippen MR) is 58.0 cm³/mol. The average Bonchev–Trinajstić information content (AvgIpc) is 2.07. The quantitative estimate of drug-likeness (QED) is 0.722. The smallest absolute Gasteiger partial charge is 0.324 e. The molecule has 1 rings (SSSR count). The van der Waals surface area contributed by atoms with Gasteiger partial charge in [-0.3, -0.25) is 9.59 Å². The molecule has 1 unspecified atom stereocenters. The van der Waals surface area contributed by atoms with Crippen LogP contribution in [0.25, 0.3) is 0 Å². The number of carboxylic acids is 1. The van der Waals surface area contributed by atoms with E-state index in [-0.39, 0.29) is 12.8 Å². The van der Waals surface area contributed by atoms with Crippen LogP contribution in [0.3, 0.4) is 0 Å². The molecule has 0 aromatic carbocycles. The molecule has 0 radical (unpaired) electrons. The molecule has 1 atom stereocenters. The lowest BCUT2D eigenvalue weighted by Gasteiger charge is -2.43. The van der Waals surface area contributed by atoms with Crippen molar-refractivity contribution in [2.75, 3.05) is 0 Å². The van der Waals surface area contributed by atoms with Crippen LogP contribution in [-0.2, 0) is 14.3 Å². The molecule has 0 aromatic heterocycles. The third-order valence-corrected chi connectivity index (χ3v) is 2.85. The topological polar surface area (TPSA) is 89.6 Å². The van der Waals surface area contributed by atoms with Crippen LogP contribution in [0.4, 0.5) is 4.39 Å². The SMILES string of the molecule is CC(C)(C)OC(=O)C(N)C1(C(=O)O)CC(F)C1. The highest BCUT2D eigenvalue weighted by molar-refractivity contribution is 5.87. The number of hydrogen-bond donors (Lipinski definition) is 2. The van der Waals surface area contributed by atoms with Crippen molar-refractivity contribution in [3.63, 3.8) is 0 Å². The minimum atomic E-state index is -1.51. The first kappa shape index (κ1) is 13.9. The summed E-state index contributed by atoms with van der Waals surface area (Å²) >= 11 is 0. The van der Waals surface area contributed by atoms with E-state index in [0.717, 1.165) is 0 Å². The summed E-state index contributed by atoms with van der Waals surface area (Å²) < 4.78 is 17.9. The van der Waals surface area contributed by atoms with E-state index >= 15 is 0 Å². The predicted octanol–water partition coefficient (Wildman–Crippen LogP) is 0.858. The molecule has 0 amide bonds. The van der Waals surface area contributed by atoms with E-state index < -0.39 is 35.2 Å². The Labute approximate surface area is 99.1 Å². The Kier molecular flexibility index (Phi) is 3.47. The van der Waals surface area contributed by atoms with Gasteiger partial charge < -0.3 is 15.6 Å². The Bertz CT molecular complexity index is 331. The number of esters is 1. The molecule has 3 N–H and O–H groups in total. The monoisotopic (exact) mass is 247 g/mol. The first-order valence-corrected chi connectivity index (χ1v) is 5.44. The number of rotatable bonds is 3. The molecule has 17 heavy (non-hydrogen) atoms. The van der Waals surface area contributed by atoms with E-state index in [9.17, 15) is 14.0 Å². The lowest BCUT2D eigenvalue weighted by molar-refractivity contribution is -0.176. The van der Waals surface area contributed by atoms with Crippen molar-refractivity contribution in [3.05, 3.63) is 0 Å². The molecule has 0 heterocycles. The van der Waals surface area contributed by atoms with Gasteiger partial charge in [-0.05, 0) is 33.6 Å². The van der Waals surface area contributed by atoms with Crippen LogP contribution in [-0.4, -0.2) is 34.9 Å². The summed E-state index contributed by atoms with van der Waals surface area (Å²) in [5.74, 6) is -2.04. The van der Waals surface area contributed by atoms with Gasteiger partial charge in [0.25, 0.3) is 0 Å². The van der Waals surface area contributed by atoms with E-state index in [1.54, 1.807) is 20.8 Å². The average molecular weight is 247 g/mol. The van der Waals surface area contributed by atoms with Gasteiger partial charge in [0, 0.05) is 0 Å². The van der Waals surface area contributed by atoms with Crippen LogP contribution in [0.15, 0.2) is 0 Å². The number of ether oxygens (including phenoxy) is 1. The molecule has 0 saturated heterocycles. The van der Waals surface area contributed by atoms with E-state index in [4.69, 9.17) is 15.6 Å². The first-order chi connectivity index (χ1) is 7.58. The second-order valence-corrected chi connectivity index (χ2v) is 5.48. The summed E-state index contributed by atoms with van der Waals surface area (Å²) in [7, 11) is 0. The fraction of sp³-hybridized carbons (Fsp3) is 0.818. The molecular weight excluding hydrogens is 229 g/mol. The van der Waals surface area contributed by atoms with Crippen LogP contribution in [0.5, 0.6) is 0 Å². The minimum Gasteiger partial charge on any atom is -0.481 e. The van der Waals surface area contributed by atoms with Gasteiger partial charge in [-0.25, -0.2) is 4.39 Å². The van der Waals surface area contributed by atoms with Gasteiger partial charge in [0.1, 0.15) is 17.8 Å². The minimum absolute atomic E-state index is 0.233. The molecule has 98 valence electrons. The van der Waals surface area contributed by atoms with E-state index in [0.29, 0.717) is 0 Å². The van der Waals surface area contributed by atoms with E-state index in [1.165, 1.54) is 0 Å². The number of carbonyl (C=O) groups is 2. The highest BCUT2D eigenvalue weighted by Crippen LogP contribution is 2.46. The van der Waals surface area contributed by atoms with Gasteiger partial charge in [0.2, 0.25) is 0 Å². The van der Waals surface area contributed by atoms with Crippen LogP contribution in [0, 0.1) is 5.41 Å². The van der Waals surface area contributed by atoms with Gasteiger partial charge in [0.15, 0.2) is 0 Å². The molecule has 0 aromatic rings. The normalized spacial score (nSPS) is 30.3. The first-order valence-electron chi connectivity index (χ1n) is 5.44. The van der Waals surface area contributed by atoms with Crippen molar-refractivity contribution < 1.29 is 23.8 Å². The highest BCUT2D eigenvalue weighted by Gasteiger charge is 2.58. The summed E-state index contributed by atoms with van der Waals surface area (Å²) in [6.07, 6.45) is -1.68. The fourth-order valence-corrected chi connectivity index (χ4v) is 1.88. The van der Waals surface area contributed by atoms with Crippen molar-refractivity contribution in [3.8, 4) is 0 Å². The molecule has 0 spiro atoms. The van der Waals surface area contributed by atoms with Crippen molar-refractivity contribution in [1.29, 1.82) is 0 Å². The molecule has 1 saturated carbocycles. The summed E-state index contributed by atoms with van der Waals surface area (Å²) in [5.41, 5.74) is 3.35. The summed E-state index contributed by atoms with van der Waals surface area (Å²) in [4.78, 5) is 22.8. The third kappa shape index (κ3) is 2.74. The lowest BCUT2D eigenvalue weighted by atomic mass is 9.63. The Morgan fingerprint density at radius 1 is 1.47 bits per heavy atom. The molecular formula is C11H18FNO4. The number of aliphatic carboxylic acids is 1. The maximum atomic E-state index is 12.9. The standard InChI is InChI=1S/C11H18FNO4/c1-10(2,3)17-8(14)7(13)11(9(15)16)4-6(12)5-11/h6-7H,4-5,13H2,1-3H3,(H,15,16). The van der Waals surface area contributed by atoms with Gasteiger partial charge in [-0.2, -0.15) is 0 Å². The summed E-state index contributed by atoms with van der Waals surface area (Å²) in [6, 6.07) is -1.33. The van der Waals surface area contributed by atoms with Crippen LogP contribution < -0.4 is 5.73 Å². The highest BCUT2D eigenvalue weighted by atomic mass is 19.1. The molecule has 5 nitrogen and oxygen atoms in total. The maximum Gasteiger partial charge on any atom is 0.324 e. The van der Waals surface area contributed by atoms with Crippen molar-refractivity contribution in [1.82, 2.24) is 0 Å². The van der Waals surface area contributed by atoms with Gasteiger partial charge in [-0.15, -0.1) is 0 Å². The van der Waals surface area contributed by atoms with Gasteiger partial charge in [-0.1, -0.05) is 0 Å². The maximum absolute atomic E-state index is 12.9.